The zero-order valence-electron chi connectivity index (χ0n) is 15.0. The van der Waals surface area contributed by atoms with Gasteiger partial charge in [0.25, 0.3) is 11.8 Å². The monoisotopic (exact) mass is 380 g/mol. The first-order valence-electron chi connectivity index (χ1n) is 8.81. The maximum atomic E-state index is 13.6. The van der Waals surface area contributed by atoms with Crippen LogP contribution in [0.4, 0.5) is 8.78 Å². The first kappa shape index (κ1) is 19.4. The quantitative estimate of drug-likeness (QED) is 0.596. The highest BCUT2D eigenvalue weighted by Gasteiger charge is 2.39. The largest absolute Gasteiger partial charge is 0.322 e. The first-order chi connectivity index (χ1) is 12.8. The minimum atomic E-state index is -2.87. The summed E-state index contributed by atoms with van der Waals surface area (Å²) in [5.74, 6) is -3.96. The molecule has 0 aliphatic carbocycles. The van der Waals surface area contributed by atoms with Crippen molar-refractivity contribution in [3.05, 3.63) is 34.9 Å². The topological polar surface area (TPSA) is 90.5 Å². The summed E-state index contributed by atoms with van der Waals surface area (Å²) in [5, 5.41) is 7.44. The molecule has 146 valence electrons. The van der Waals surface area contributed by atoms with E-state index in [0.29, 0.717) is 5.56 Å². The summed E-state index contributed by atoms with van der Waals surface area (Å²) in [6, 6.07) is 4.46. The van der Waals surface area contributed by atoms with Crippen molar-refractivity contribution in [3.8, 4) is 0 Å². The molecule has 1 aromatic carbocycles. The molecule has 1 aromatic rings. The molecule has 0 bridgehead atoms. The molecule has 3 amide bonds. The van der Waals surface area contributed by atoms with Gasteiger partial charge in [0.1, 0.15) is 6.04 Å². The van der Waals surface area contributed by atoms with Gasteiger partial charge >= 0.3 is 0 Å². The second-order valence-corrected chi connectivity index (χ2v) is 6.83. The summed E-state index contributed by atoms with van der Waals surface area (Å²) >= 11 is 0. The molecule has 2 aliphatic heterocycles. The Morgan fingerprint density at radius 3 is 2.74 bits per heavy atom. The number of benzene rings is 1. The van der Waals surface area contributed by atoms with Gasteiger partial charge in [0.05, 0.1) is 13.1 Å². The third-order valence-electron chi connectivity index (χ3n) is 4.81. The number of carbonyl (C=O) groups is 3. The number of amides is 3. The van der Waals surface area contributed by atoms with Gasteiger partial charge in [-0.15, -0.1) is 0 Å². The summed E-state index contributed by atoms with van der Waals surface area (Å²) in [6.07, 6.45) is 0.472. The van der Waals surface area contributed by atoms with Crippen LogP contribution in [0.3, 0.4) is 0 Å². The second-order valence-electron chi connectivity index (χ2n) is 6.83. The molecule has 3 rings (SSSR count). The Bertz CT molecular complexity index is 769. The number of alkyl halides is 2. The summed E-state index contributed by atoms with van der Waals surface area (Å²) in [6.45, 7) is -0.485. The molecular weight excluding hydrogens is 358 g/mol. The van der Waals surface area contributed by atoms with Crippen LogP contribution in [0.1, 0.15) is 34.3 Å². The van der Waals surface area contributed by atoms with Crippen LogP contribution in [0.2, 0.25) is 0 Å². The van der Waals surface area contributed by atoms with E-state index in [-0.39, 0.29) is 37.7 Å². The van der Waals surface area contributed by atoms with E-state index in [4.69, 9.17) is 0 Å². The number of nitrogens with one attached hydrogen (secondary N) is 3. The lowest BCUT2D eigenvalue weighted by atomic mass is 10.0. The van der Waals surface area contributed by atoms with Crippen molar-refractivity contribution in [3.63, 3.8) is 0 Å². The Hall–Kier alpha value is -2.39. The van der Waals surface area contributed by atoms with E-state index in [9.17, 15) is 23.2 Å². The van der Waals surface area contributed by atoms with Crippen LogP contribution in [-0.4, -0.2) is 54.7 Å². The third-order valence-corrected chi connectivity index (χ3v) is 4.81. The van der Waals surface area contributed by atoms with Crippen LogP contribution in [0.25, 0.3) is 0 Å². The zero-order chi connectivity index (χ0) is 19.6. The van der Waals surface area contributed by atoms with Crippen LogP contribution >= 0.6 is 0 Å². The van der Waals surface area contributed by atoms with Gasteiger partial charge in [-0.3, -0.25) is 19.7 Å². The van der Waals surface area contributed by atoms with Gasteiger partial charge in [-0.1, -0.05) is 12.1 Å². The number of halogens is 2. The fraction of sp³-hybridized carbons (Fsp3) is 0.500. The predicted octanol–water partition coefficient (Wildman–Crippen LogP) is 0.392. The molecule has 2 aliphatic rings. The molecule has 1 unspecified atom stereocenters. The number of nitrogens with zero attached hydrogens (tertiary/aromatic N) is 1. The van der Waals surface area contributed by atoms with Crippen LogP contribution < -0.4 is 16.0 Å². The predicted molar refractivity (Wildman–Crippen MR) is 93.1 cm³/mol. The molecule has 1 fully saturated rings. The number of hydrogen-bond donors (Lipinski definition) is 3. The molecule has 3 N–H and O–H groups in total. The molecule has 2 heterocycles. The lowest BCUT2D eigenvalue weighted by Gasteiger charge is -2.29. The zero-order valence-corrected chi connectivity index (χ0v) is 15.0. The fourth-order valence-corrected chi connectivity index (χ4v) is 3.52. The standard InChI is InChI=1S/C18H22F2N4O3/c1-21-9-18(19,20)10-22-7-11-3-2-4-12-13(11)8-24(17(12)27)14-5-6-15(25)23-16(14)26/h2-4,14,21-22H,5-10H2,1H3,(H,23,25,26). The van der Waals surface area contributed by atoms with Gasteiger partial charge in [-0.25, -0.2) is 8.78 Å². The molecule has 7 nitrogen and oxygen atoms in total. The number of carbonyl (C=O) groups excluding carboxylic acids is 3. The highest BCUT2D eigenvalue weighted by molar-refractivity contribution is 6.05. The Morgan fingerprint density at radius 2 is 2.04 bits per heavy atom. The summed E-state index contributed by atoms with van der Waals surface area (Å²) in [5.41, 5.74) is 1.95. The molecule has 0 saturated carbocycles. The van der Waals surface area contributed by atoms with Crippen molar-refractivity contribution < 1.29 is 23.2 Å². The fourth-order valence-electron chi connectivity index (χ4n) is 3.52. The van der Waals surface area contributed by atoms with E-state index in [1.807, 2.05) is 0 Å². The number of hydrogen-bond acceptors (Lipinski definition) is 5. The van der Waals surface area contributed by atoms with Gasteiger partial charge in [0, 0.05) is 25.1 Å². The molecule has 27 heavy (non-hydrogen) atoms. The third kappa shape index (κ3) is 4.14. The average Bonchev–Trinajstić information content (AvgIpc) is 2.93. The van der Waals surface area contributed by atoms with E-state index in [1.165, 1.54) is 11.9 Å². The van der Waals surface area contributed by atoms with Crippen LogP contribution in [0, 0.1) is 0 Å². The number of piperidine rings is 1. The van der Waals surface area contributed by atoms with Crippen molar-refractivity contribution >= 4 is 17.7 Å². The molecule has 9 heteroatoms. The van der Waals surface area contributed by atoms with E-state index in [0.717, 1.165) is 11.1 Å². The smallest absolute Gasteiger partial charge is 0.272 e. The van der Waals surface area contributed by atoms with Crippen molar-refractivity contribution in [2.75, 3.05) is 20.1 Å². The van der Waals surface area contributed by atoms with Crippen molar-refractivity contribution in [1.82, 2.24) is 20.9 Å². The summed E-state index contributed by atoms with van der Waals surface area (Å²) < 4.78 is 27.2. The van der Waals surface area contributed by atoms with E-state index in [2.05, 4.69) is 16.0 Å². The minimum absolute atomic E-state index is 0.186. The highest BCUT2D eigenvalue weighted by Crippen LogP contribution is 2.29. The number of rotatable bonds is 7. The Balaban J connectivity index is 1.70. The van der Waals surface area contributed by atoms with Gasteiger partial charge < -0.3 is 15.5 Å². The Kier molecular flexibility index (Phi) is 5.52. The summed E-state index contributed by atoms with van der Waals surface area (Å²) in [7, 11) is 1.47. The lowest BCUT2D eigenvalue weighted by Crippen LogP contribution is -2.52. The van der Waals surface area contributed by atoms with E-state index < -0.39 is 31.0 Å². The minimum Gasteiger partial charge on any atom is -0.322 e. The van der Waals surface area contributed by atoms with Gasteiger partial charge in [0.15, 0.2) is 0 Å². The van der Waals surface area contributed by atoms with Gasteiger partial charge in [-0.05, 0) is 30.7 Å². The van der Waals surface area contributed by atoms with Crippen LogP contribution in [-0.2, 0) is 22.7 Å². The van der Waals surface area contributed by atoms with Crippen LogP contribution in [0.15, 0.2) is 18.2 Å². The van der Waals surface area contributed by atoms with Crippen LogP contribution in [0.5, 0.6) is 0 Å². The van der Waals surface area contributed by atoms with Crippen molar-refractivity contribution in [2.45, 2.75) is 37.9 Å². The normalized spacial score (nSPS) is 20.0. The molecule has 1 atom stereocenters. The number of imide groups is 1. The molecule has 0 spiro atoms. The Morgan fingerprint density at radius 1 is 1.26 bits per heavy atom. The highest BCUT2D eigenvalue weighted by atomic mass is 19.3. The van der Waals surface area contributed by atoms with Crippen molar-refractivity contribution in [2.24, 2.45) is 0 Å². The first-order valence-corrected chi connectivity index (χ1v) is 8.81. The lowest BCUT2D eigenvalue weighted by molar-refractivity contribution is -0.136. The van der Waals surface area contributed by atoms with Gasteiger partial charge in [0.2, 0.25) is 11.8 Å². The maximum absolute atomic E-state index is 13.6. The summed E-state index contributed by atoms with van der Waals surface area (Å²) in [4.78, 5) is 37.6. The molecular formula is C18H22F2N4O3. The Labute approximate surface area is 155 Å². The maximum Gasteiger partial charge on any atom is 0.272 e. The molecule has 0 aromatic heterocycles. The molecule has 1 saturated heterocycles. The molecule has 0 radical (unpaired) electrons. The average molecular weight is 380 g/mol. The van der Waals surface area contributed by atoms with Crippen molar-refractivity contribution in [1.29, 1.82) is 0 Å². The SMILES string of the molecule is CNCC(F)(F)CNCc1cccc2c1CN(C1CCC(=O)NC1=O)C2=O. The van der Waals surface area contributed by atoms with Gasteiger partial charge in [-0.2, -0.15) is 0 Å². The van der Waals surface area contributed by atoms with E-state index >= 15 is 0 Å². The second kappa shape index (κ2) is 7.69. The number of fused-ring (bicyclic) bond motifs is 1. The van der Waals surface area contributed by atoms with E-state index in [1.54, 1.807) is 18.2 Å².